The van der Waals surface area contributed by atoms with Gasteiger partial charge in [0.2, 0.25) is 0 Å². The third-order valence-corrected chi connectivity index (χ3v) is 2.46. The second kappa shape index (κ2) is 4.19. The van der Waals surface area contributed by atoms with E-state index in [4.69, 9.17) is 10.7 Å². The van der Waals surface area contributed by atoms with Gasteiger partial charge in [-0.15, -0.1) is 0 Å². The Balaban J connectivity index is 2.39. The summed E-state index contributed by atoms with van der Waals surface area (Å²) in [7, 11) is 0. The molecule has 0 saturated heterocycles. The summed E-state index contributed by atoms with van der Waals surface area (Å²) in [6.45, 7) is 0. The molecule has 0 bridgehead atoms. The molecule has 3 nitrogen and oxygen atoms in total. The Kier molecular flexibility index (Phi) is 2.74. The van der Waals surface area contributed by atoms with E-state index in [1.54, 1.807) is 6.08 Å². The molecule has 15 heavy (non-hydrogen) atoms. The lowest BCUT2D eigenvalue weighted by molar-refractivity contribution is 0.205. The number of hydrogen-bond acceptors (Lipinski definition) is 3. The van der Waals surface area contributed by atoms with Gasteiger partial charge < -0.3 is 9.94 Å². The number of aliphatic hydroxyl groups excluding tert-OH is 1. The van der Waals surface area contributed by atoms with Gasteiger partial charge in [0.05, 0.1) is 0 Å². The van der Waals surface area contributed by atoms with Crippen LogP contribution >= 0.6 is 0 Å². The Morgan fingerprint density at radius 3 is 2.53 bits per heavy atom. The van der Waals surface area contributed by atoms with Crippen molar-refractivity contribution in [3.8, 4) is 0 Å². The van der Waals surface area contributed by atoms with Crippen LogP contribution in [0.15, 0.2) is 47.9 Å². The molecule has 3 heteroatoms. The molecule has 1 aliphatic rings. The maximum absolute atomic E-state index is 9.77. The number of rotatable bonds is 2. The molecule has 0 spiro atoms. The molecule has 0 aromatic heterocycles. The normalized spacial score (nSPS) is 16.2. The summed E-state index contributed by atoms with van der Waals surface area (Å²) in [6.07, 6.45) is 3.01. The zero-order valence-corrected chi connectivity index (χ0v) is 8.31. The van der Waals surface area contributed by atoms with E-state index >= 15 is 0 Å². The van der Waals surface area contributed by atoms with Crippen LogP contribution in [0.3, 0.4) is 0 Å². The molecule has 1 aliphatic carbocycles. The molecule has 0 heterocycles. The third kappa shape index (κ3) is 2.02. The van der Waals surface area contributed by atoms with Crippen molar-refractivity contribution in [1.29, 1.82) is 0 Å². The van der Waals surface area contributed by atoms with Gasteiger partial charge in [0.1, 0.15) is 11.5 Å². The highest BCUT2D eigenvalue weighted by Crippen LogP contribution is 2.29. The Morgan fingerprint density at radius 2 is 1.87 bits per heavy atom. The van der Waals surface area contributed by atoms with E-state index in [1.165, 1.54) is 0 Å². The van der Waals surface area contributed by atoms with E-state index in [9.17, 15) is 5.11 Å². The van der Waals surface area contributed by atoms with Crippen molar-refractivity contribution >= 4 is 5.57 Å². The maximum Gasteiger partial charge on any atom is 0.125 e. The highest BCUT2D eigenvalue weighted by atomic mass is 16.6. The van der Waals surface area contributed by atoms with Gasteiger partial charge in [-0.05, 0) is 11.6 Å². The largest absolute Gasteiger partial charge is 0.512 e. The zero-order valence-electron chi connectivity index (χ0n) is 8.31. The minimum absolute atomic E-state index is 0.391. The molecule has 0 aliphatic heterocycles. The first-order valence-electron chi connectivity index (χ1n) is 4.86. The van der Waals surface area contributed by atoms with Gasteiger partial charge in [-0.3, -0.25) is 0 Å². The first kappa shape index (κ1) is 9.80. The second-order valence-electron chi connectivity index (χ2n) is 3.45. The van der Waals surface area contributed by atoms with E-state index < -0.39 is 0 Å². The predicted molar refractivity (Wildman–Crippen MR) is 58.6 cm³/mol. The molecule has 3 N–H and O–H groups in total. The zero-order chi connectivity index (χ0) is 10.7. The molecular weight excluding hydrogens is 190 g/mol. The fraction of sp³-hybridized carbons (Fsp3) is 0.167. The Hall–Kier alpha value is -1.74. The van der Waals surface area contributed by atoms with Crippen molar-refractivity contribution < 1.29 is 9.94 Å². The van der Waals surface area contributed by atoms with E-state index in [2.05, 4.69) is 0 Å². The smallest absolute Gasteiger partial charge is 0.125 e. The molecule has 1 aromatic rings. The summed E-state index contributed by atoms with van der Waals surface area (Å²) in [5.74, 6) is 6.21. The quantitative estimate of drug-likeness (QED) is 0.726. The van der Waals surface area contributed by atoms with Gasteiger partial charge in [-0.25, -0.2) is 0 Å². The lowest BCUT2D eigenvalue weighted by Gasteiger charge is -2.15. The van der Waals surface area contributed by atoms with Crippen LogP contribution in [0.1, 0.15) is 18.4 Å². The summed E-state index contributed by atoms with van der Waals surface area (Å²) in [5, 5.41) is 9.77. The monoisotopic (exact) mass is 203 g/mol. The summed E-state index contributed by atoms with van der Waals surface area (Å²) < 4.78 is 0. The fourth-order valence-electron chi connectivity index (χ4n) is 1.65. The Bertz CT molecular complexity index is 407. The van der Waals surface area contributed by atoms with Crippen molar-refractivity contribution in [1.82, 2.24) is 0 Å². The third-order valence-electron chi connectivity index (χ3n) is 2.46. The van der Waals surface area contributed by atoms with Gasteiger partial charge in [0.15, 0.2) is 0 Å². The van der Waals surface area contributed by atoms with Crippen LogP contribution < -0.4 is 5.90 Å². The van der Waals surface area contributed by atoms with Crippen LogP contribution in [-0.2, 0) is 4.84 Å². The SMILES string of the molecule is NOC1=CC(c2ccccc2)=C(O)CC1. The average molecular weight is 203 g/mol. The number of allylic oxidation sites excluding steroid dienone is 4. The number of nitrogens with two attached hydrogens (primary N) is 1. The maximum atomic E-state index is 9.77. The van der Waals surface area contributed by atoms with Crippen LogP contribution in [-0.4, -0.2) is 5.11 Å². The summed E-state index contributed by atoms with van der Waals surface area (Å²) in [4.78, 5) is 4.71. The van der Waals surface area contributed by atoms with Gasteiger partial charge in [-0.1, -0.05) is 30.3 Å². The van der Waals surface area contributed by atoms with Crippen molar-refractivity contribution in [3.05, 3.63) is 53.5 Å². The van der Waals surface area contributed by atoms with E-state index in [0.29, 0.717) is 24.4 Å². The minimum atomic E-state index is 0.391. The molecule has 0 radical (unpaired) electrons. The molecule has 0 fully saturated rings. The van der Waals surface area contributed by atoms with Crippen LogP contribution in [0.25, 0.3) is 5.57 Å². The highest BCUT2D eigenvalue weighted by molar-refractivity contribution is 5.76. The predicted octanol–water partition coefficient (Wildman–Crippen LogP) is 2.52. The first-order chi connectivity index (χ1) is 7.31. The number of benzene rings is 1. The fourth-order valence-corrected chi connectivity index (χ4v) is 1.65. The van der Waals surface area contributed by atoms with E-state index in [0.717, 1.165) is 11.1 Å². The van der Waals surface area contributed by atoms with Crippen LogP contribution in [0.5, 0.6) is 0 Å². The van der Waals surface area contributed by atoms with Gasteiger partial charge >= 0.3 is 0 Å². The van der Waals surface area contributed by atoms with E-state index in [1.807, 2.05) is 30.3 Å². The van der Waals surface area contributed by atoms with E-state index in [-0.39, 0.29) is 0 Å². The first-order valence-corrected chi connectivity index (χ1v) is 4.86. The second-order valence-corrected chi connectivity index (χ2v) is 3.45. The van der Waals surface area contributed by atoms with Crippen LogP contribution in [0.4, 0.5) is 0 Å². The van der Waals surface area contributed by atoms with Crippen molar-refractivity contribution in [2.24, 2.45) is 5.90 Å². The molecular formula is C12H13NO2. The molecule has 0 unspecified atom stereocenters. The lowest BCUT2D eigenvalue weighted by Crippen LogP contribution is -2.05. The molecule has 78 valence electrons. The average Bonchev–Trinajstić information content (AvgIpc) is 2.31. The van der Waals surface area contributed by atoms with Crippen molar-refractivity contribution in [2.45, 2.75) is 12.8 Å². The van der Waals surface area contributed by atoms with Crippen LogP contribution in [0, 0.1) is 0 Å². The Morgan fingerprint density at radius 1 is 1.13 bits per heavy atom. The number of hydrogen-bond donors (Lipinski definition) is 2. The van der Waals surface area contributed by atoms with Gasteiger partial charge in [-0.2, -0.15) is 5.90 Å². The molecule has 1 aromatic carbocycles. The van der Waals surface area contributed by atoms with Gasteiger partial charge in [0.25, 0.3) is 0 Å². The molecule has 2 rings (SSSR count). The summed E-state index contributed by atoms with van der Waals surface area (Å²) in [5.41, 5.74) is 1.77. The highest BCUT2D eigenvalue weighted by Gasteiger charge is 2.14. The molecule has 0 atom stereocenters. The van der Waals surface area contributed by atoms with Crippen molar-refractivity contribution in [2.75, 3.05) is 0 Å². The summed E-state index contributed by atoms with van der Waals surface area (Å²) >= 11 is 0. The standard InChI is InChI=1S/C12H13NO2/c13-15-10-6-7-12(14)11(8-10)9-4-2-1-3-5-9/h1-5,8,14H,6-7,13H2. The molecule has 0 saturated carbocycles. The van der Waals surface area contributed by atoms with Crippen molar-refractivity contribution in [3.63, 3.8) is 0 Å². The summed E-state index contributed by atoms with van der Waals surface area (Å²) in [6, 6.07) is 9.69. The topological polar surface area (TPSA) is 55.5 Å². The van der Waals surface area contributed by atoms with Gasteiger partial charge in [0, 0.05) is 18.4 Å². The molecule has 0 amide bonds. The van der Waals surface area contributed by atoms with Crippen LogP contribution in [0.2, 0.25) is 0 Å². The number of aliphatic hydroxyl groups is 1. The minimum Gasteiger partial charge on any atom is -0.512 e. The lowest BCUT2D eigenvalue weighted by atomic mass is 9.97. The Labute approximate surface area is 88.4 Å².